The first kappa shape index (κ1) is 43.0. The van der Waals surface area contributed by atoms with Gasteiger partial charge >= 0.3 is 10.6 Å². The zero-order chi connectivity index (χ0) is 41.4. The molecule has 0 saturated heterocycles. The van der Waals surface area contributed by atoms with Crippen LogP contribution in [0, 0.1) is 34.6 Å². The molecule has 5 aromatic rings. The van der Waals surface area contributed by atoms with Gasteiger partial charge in [0, 0.05) is 16.4 Å². The molecule has 0 aliphatic heterocycles. The maximum Gasteiger partial charge on any atom is 0.425 e. The predicted octanol–water partition coefficient (Wildman–Crippen LogP) is 7.88. The molecule has 23 heteroatoms. The number of hydrogen-bond donors (Lipinski definition) is 5. The topological polar surface area (TPSA) is 284 Å². The molecule has 4 aromatic carbocycles. The molecule has 294 valence electrons. The molecule has 5 rings (SSSR count). The number of hydrogen-bond acceptors (Lipinski definition) is 17. The smallest absolute Gasteiger partial charge is 0.338 e. The molecule has 0 fully saturated rings. The third-order valence-corrected chi connectivity index (χ3v) is 9.21. The number of nitrogens with zero attached hydrogens (tertiary/aromatic N) is 7. The summed E-state index contributed by atoms with van der Waals surface area (Å²) in [5.41, 5.74) is 6.58. The average molecular weight is 845 g/mol. The normalized spacial score (nSPS) is 11.6. The summed E-state index contributed by atoms with van der Waals surface area (Å²) in [6.45, 7) is 8.88. The zero-order valence-electron chi connectivity index (χ0n) is 30.0. The molecule has 0 unspecified atom stereocenters. The molecule has 0 amide bonds. The van der Waals surface area contributed by atoms with Crippen LogP contribution < -0.4 is 16.0 Å². The van der Waals surface area contributed by atoms with E-state index in [9.17, 15) is 25.9 Å². The molecule has 0 saturated carbocycles. The standard InChI is InChI=1S/C33H33ClN10O6S2.O3S/c1-18-6-9-25(16-30(18)52(48,49)50)42-44-29-15-20(3)27(13-22(29)5)37-33-39-31(35-17-51(45,46)47)38-32(40-33)36-26-12-21(4)28(14-19(26)2)43-41-24-10-7-23(34)8-11-24;1-4(2)3/h6-16H,17H2,1-5H3,(H,45,46,47)(H,48,49,50)(H3,35,36,37,38,39,40);. The Balaban J connectivity index is 0.00000166. The first-order valence-electron chi connectivity index (χ1n) is 15.8. The second-order valence-electron chi connectivity index (χ2n) is 11.9. The second-order valence-corrected chi connectivity index (χ2v) is 15.6. The van der Waals surface area contributed by atoms with Crippen molar-refractivity contribution in [3.05, 3.63) is 99.6 Å². The summed E-state index contributed by atoms with van der Waals surface area (Å²) < 4.78 is 90.5. The van der Waals surface area contributed by atoms with Crippen LogP contribution in [0.25, 0.3) is 0 Å². The van der Waals surface area contributed by atoms with Gasteiger partial charge in [-0.25, -0.2) is 0 Å². The van der Waals surface area contributed by atoms with E-state index in [-0.39, 0.29) is 28.4 Å². The van der Waals surface area contributed by atoms with E-state index < -0.39 is 36.7 Å². The quantitative estimate of drug-likeness (QED) is 0.0589. The van der Waals surface area contributed by atoms with Gasteiger partial charge in [0.1, 0.15) is 5.88 Å². The number of nitrogens with one attached hydrogen (secondary N) is 3. The number of halogens is 1. The summed E-state index contributed by atoms with van der Waals surface area (Å²) in [7, 11) is -11.9. The van der Waals surface area contributed by atoms with Gasteiger partial charge in [0.15, 0.2) is 0 Å². The van der Waals surface area contributed by atoms with Gasteiger partial charge in [-0.15, -0.1) is 12.6 Å². The molecular weight excluding hydrogens is 812 g/mol. The monoisotopic (exact) mass is 844 g/mol. The maximum absolute atomic E-state index is 11.7. The lowest BCUT2D eigenvalue weighted by Gasteiger charge is -2.15. The van der Waals surface area contributed by atoms with Crippen molar-refractivity contribution < 1.29 is 38.6 Å². The summed E-state index contributed by atoms with van der Waals surface area (Å²) >= 11 is 5.96. The van der Waals surface area contributed by atoms with Gasteiger partial charge in [-0.3, -0.25) is 9.11 Å². The average Bonchev–Trinajstić information content (AvgIpc) is 3.09. The minimum absolute atomic E-state index is 0.0485. The largest absolute Gasteiger partial charge is 0.425 e. The van der Waals surface area contributed by atoms with Crippen LogP contribution >= 0.6 is 11.6 Å². The minimum Gasteiger partial charge on any atom is -0.338 e. The molecule has 0 aliphatic rings. The van der Waals surface area contributed by atoms with Gasteiger partial charge in [-0.05, 0) is 123 Å². The molecule has 1 heterocycles. The van der Waals surface area contributed by atoms with Gasteiger partial charge in [-0.2, -0.15) is 52.2 Å². The van der Waals surface area contributed by atoms with Crippen LogP contribution in [0.4, 0.5) is 52.0 Å². The van der Waals surface area contributed by atoms with E-state index in [1.54, 1.807) is 63.2 Å². The fourth-order valence-electron chi connectivity index (χ4n) is 4.71. The number of rotatable bonds is 12. The van der Waals surface area contributed by atoms with Crippen molar-refractivity contribution in [2.24, 2.45) is 20.5 Å². The van der Waals surface area contributed by atoms with Crippen LogP contribution in [0.1, 0.15) is 27.8 Å². The first-order valence-corrected chi connectivity index (χ1v) is 20.2. The third kappa shape index (κ3) is 12.9. The van der Waals surface area contributed by atoms with E-state index in [0.717, 1.165) is 11.1 Å². The Kier molecular flexibility index (Phi) is 14.0. The number of benzene rings is 4. The van der Waals surface area contributed by atoms with E-state index in [0.29, 0.717) is 50.1 Å². The molecule has 56 heavy (non-hydrogen) atoms. The summed E-state index contributed by atoms with van der Waals surface area (Å²) in [5.74, 6) is -0.864. The van der Waals surface area contributed by atoms with Gasteiger partial charge in [-0.1, -0.05) is 17.7 Å². The highest BCUT2D eigenvalue weighted by Gasteiger charge is 2.16. The summed E-state index contributed by atoms with van der Waals surface area (Å²) in [6, 6.07) is 18.5. The Morgan fingerprint density at radius 1 is 0.607 bits per heavy atom. The minimum atomic E-state index is -4.43. The van der Waals surface area contributed by atoms with E-state index >= 15 is 0 Å². The fourth-order valence-corrected chi connectivity index (χ4v) is 5.89. The summed E-state index contributed by atoms with van der Waals surface area (Å²) in [4.78, 5) is 12.8. The van der Waals surface area contributed by atoms with Crippen LogP contribution in [0.3, 0.4) is 0 Å². The highest BCUT2D eigenvalue weighted by molar-refractivity contribution is 7.86. The van der Waals surface area contributed by atoms with Crippen molar-refractivity contribution in [3.63, 3.8) is 0 Å². The SMILES string of the molecule is Cc1cc(Nc2nc(NCS(=O)(=O)O)nc(Nc3cc(C)c(N=Nc4ccc(C)c(S(=O)(=O)O)c4)cc3C)n2)c(C)cc1N=Nc1ccc(Cl)cc1.O=S(=O)=O. The molecule has 5 N–H and O–H groups in total. The molecule has 1 aromatic heterocycles. The van der Waals surface area contributed by atoms with E-state index in [1.165, 1.54) is 12.1 Å². The summed E-state index contributed by atoms with van der Waals surface area (Å²) in [6.07, 6.45) is 0. The molecule has 0 spiro atoms. The molecule has 0 bridgehead atoms. The van der Waals surface area contributed by atoms with Crippen LogP contribution in [0.2, 0.25) is 5.02 Å². The second kappa shape index (κ2) is 18.2. The van der Waals surface area contributed by atoms with Crippen molar-refractivity contribution in [2.75, 3.05) is 21.8 Å². The van der Waals surface area contributed by atoms with E-state index in [4.69, 9.17) is 24.2 Å². The van der Waals surface area contributed by atoms with Gasteiger partial charge in [0.05, 0.1) is 27.6 Å². The van der Waals surface area contributed by atoms with Crippen molar-refractivity contribution in [1.29, 1.82) is 0 Å². The van der Waals surface area contributed by atoms with Crippen LogP contribution in [0.15, 0.2) is 92.1 Å². The van der Waals surface area contributed by atoms with Crippen molar-refractivity contribution >= 4 is 94.4 Å². The lowest BCUT2D eigenvalue weighted by Crippen LogP contribution is -2.16. The van der Waals surface area contributed by atoms with Crippen LogP contribution in [0.5, 0.6) is 0 Å². The predicted molar refractivity (Wildman–Crippen MR) is 209 cm³/mol. The van der Waals surface area contributed by atoms with E-state index in [1.807, 2.05) is 26.0 Å². The molecule has 0 aliphatic carbocycles. The maximum atomic E-state index is 11.7. The third-order valence-electron chi connectivity index (χ3n) is 7.45. The molecular formula is C33H33ClN10O9S3. The molecule has 0 atom stereocenters. The van der Waals surface area contributed by atoms with Crippen molar-refractivity contribution in [1.82, 2.24) is 15.0 Å². The highest BCUT2D eigenvalue weighted by Crippen LogP contribution is 2.32. The Bertz CT molecular complexity index is 2680. The zero-order valence-corrected chi connectivity index (χ0v) is 33.2. The first-order chi connectivity index (χ1) is 26.2. The Hall–Kier alpha value is -5.78. The lowest BCUT2D eigenvalue weighted by molar-refractivity contribution is 0.481. The van der Waals surface area contributed by atoms with Gasteiger partial charge < -0.3 is 16.0 Å². The Labute approximate surface area is 328 Å². The lowest BCUT2D eigenvalue weighted by atomic mass is 10.1. The number of azo groups is 2. The fraction of sp³-hybridized carbons (Fsp3) is 0.182. The highest BCUT2D eigenvalue weighted by atomic mass is 35.5. The van der Waals surface area contributed by atoms with E-state index in [2.05, 4.69) is 51.4 Å². The Morgan fingerprint density at radius 3 is 1.52 bits per heavy atom. The molecule has 19 nitrogen and oxygen atoms in total. The summed E-state index contributed by atoms with van der Waals surface area (Å²) in [5, 5.41) is 26.4. The number of aryl methyl sites for hydroxylation is 5. The molecule has 0 radical (unpaired) electrons. The van der Waals surface area contributed by atoms with Gasteiger partial charge in [0.2, 0.25) is 17.8 Å². The Morgan fingerprint density at radius 2 is 1.05 bits per heavy atom. The van der Waals surface area contributed by atoms with Crippen LogP contribution in [-0.4, -0.2) is 59.4 Å². The number of anilines is 5. The van der Waals surface area contributed by atoms with Crippen molar-refractivity contribution in [2.45, 2.75) is 39.5 Å². The van der Waals surface area contributed by atoms with Crippen LogP contribution in [-0.2, 0) is 30.8 Å². The van der Waals surface area contributed by atoms with Crippen molar-refractivity contribution in [3.8, 4) is 0 Å². The van der Waals surface area contributed by atoms with Gasteiger partial charge in [0.25, 0.3) is 20.2 Å². The number of aromatic nitrogens is 3.